The highest BCUT2D eigenvalue weighted by molar-refractivity contribution is 5.76. The second-order valence-corrected chi connectivity index (χ2v) is 8.00. The number of carboxylic acids is 1. The number of carbonyl (C=O) groups excluding carboxylic acids is 1. The Balaban J connectivity index is 1.89. The zero-order valence-corrected chi connectivity index (χ0v) is 16.6. The van der Waals surface area contributed by atoms with E-state index in [9.17, 15) is 14.7 Å². The van der Waals surface area contributed by atoms with Crippen molar-refractivity contribution in [3.63, 3.8) is 0 Å². The van der Waals surface area contributed by atoms with Crippen LogP contribution in [0, 0.1) is 17.8 Å². The van der Waals surface area contributed by atoms with Crippen LogP contribution in [0.25, 0.3) is 0 Å². The summed E-state index contributed by atoms with van der Waals surface area (Å²) >= 11 is 0. The molecule has 2 N–H and O–H groups in total. The van der Waals surface area contributed by atoms with Gasteiger partial charge in [-0.1, -0.05) is 20.8 Å². The number of nitrogens with zero attached hydrogens (tertiary/aromatic N) is 2. The molecule has 3 atom stereocenters. The number of amides is 2. The Hall–Kier alpha value is -2.31. The molecule has 2 heterocycles. The van der Waals surface area contributed by atoms with E-state index in [1.807, 2.05) is 26.0 Å². The van der Waals surface area contributed by atoms with Crippen LogP contribution in [-0.4, -0.2) is 46.2 Å². The minimum atomic E-state index is -0.842. The minimum absolute atomic E-state index is 0.0742. The average molecular weight is 377 g/mol. The first-order valence-electron chi connectivity index (χ1n) is 9.61. The molecule has 1 aromatic rings. The molecule has 1 aromatic heterocycles. The van der Waals surface area contributed by atoms with E-state index in [1.165, 1.54) is 0 Å². The highest BCUT2D eigenvalue weighted by Gasteiger charge is 2.31. The number of rotatable bonds is 7. The molecule has 1 aliphatic heterocycles. The van der Waals surface area contributed by atoms with Crippen molar-refractivity contribution in [1.29, 1.82) is 0 Å². The van der Waals surface area contributed by atoms with Gasteiger partial charge in [-0.3, -0.25) is 4.79 Å². The van der Waals surface area contributed by atoms with E-state index >= 15 is 0 Å². The molecule has 0 saturated carbocycles. The summed E-state index contributed by atoms with van der Waals surface area (Å²) in [6.07, 6.45) is 3.30. The zero-order valence-electron chi connectivity index (χ0n) is 16.6. The molecule has 0 spiro atoms. The molecule has 1 aliphatic rings. The number of pyridine rings is 1. The van der Waals surface area contributed by atoms with Crippen LogP contribution in [0.4, 0.5) is 4.79 Å². The highest BCUT2D eigenvalue weighted by atomic mass is 16.5. The molecule has 0 bridgehead atoms. The molecular formula is C20H31N3O4. The second-order valence-electron chi connectivity index (χ2n) is 8.00. The van der Waals surface area contributed by atoms with Crippen LogP contribution in [0.15, 0.2) is 18.3 Å². The van der Waals surface area contributed by atoms with Crippen LogP contribution in [-0.2, 0) is 11.3 Å². The van der Waals surface area contributed by atoms with Gasteiger partial charge in [-0.25, -0.2) is 9.78 Å². The van der Waals surface area contributed by atoms with Crippen LogP contribution >= 0.6 is 0 Å². The molecule has 2 rings (SSSR count). The third-order valence-electron chi connectivity index (χ3n) is 4.66. The van der Waals surface area contributed by atoms with Crippen LogP contribution in [0.2, 0.25) is 0 Å². The molecule has 2 amide bonds. The van der Waals surface area contributed by atoms with Gasteiger partial charge in [0.05, 0.1) is 12.0 Å². The van der Waals surface area contributed by atoms with Gasteiger partial charge in [0.1, 0.15) is 0 Å². The number of nitrogens with one attached hydrogen (secondary N) is 1. The second kappa shape index (κ2) is 9.58. The zero-order chi connectivity index (χ0) is 20.0. The minimum Gasteiger partial charge on any atom is -0.481 e. The predicted molar refractivity (Wildman–Crippen MR) is 102 cm³/mol. The number of aliphatic carboxylic acids is 1. The first-order valence-corrected chi connectivity index (χ1v) is 9.61. The van der Waals surface area contributed by atoms with Crippen molar-refractivity contribution in [2.75, 3.05) is 13.1 Å². The highest BCUT2D eigenvalue weighted by Crippen LogP contribution is 2.22. The predicted octanol–water partition coefficient (Wildman–Crippen LogP) is 3.15. The molecule has 7 nitrogen and oxygen atoms in total. The summed E-state index contributed by atoms with van der Waals surface area (Å²) in [5.74, 6) is -0.0703. The van der Waals surface area contributed by atoms with Gasteiger partial charge >= 0.3 is 12.0 Å². The van der Waals surface area contributed by atoms with E-state index < -0.39 is 11.9 Å². The van der Waals surface area contributed by atoms with Gasteiger partial charge in [-0.15, -0.1) is 0 Å². The number of carbonyl (C=O) groups is 2. The summed E-state index contributed by atoms with van der Waals surface area (Å²) in [6, 6.07) is 3.43. The number of likely N-dealkylation sites (tertiary alicyclic amines) is 1. The number of ether oxygens (including phenoxy) is 1. The monoisotopic (exact) mass is 377 g/mol. The summed E-state index contributed by atoms with van der Waals surface area (Å²) in [7, 11) is 0. The summed E-state index contributed by atoms with van der Waals surface area (Å²) in [4.78, 5) is 29.5. The molecule has 0 radical (unpaired) electrons. The molecule has 3 unspecified atom stereocenters. The molecule has 27 heavy (non-hydrogen) atoms. The van der Waals surface area contributed by atoms with Gasteiger partial charge in [0, 0.05) is 31.9 Å². The van der Waals surface area contributed by atoms with Crippen molar-refractivity contribution in [3.05, 3.63) is 23.9 Å². The Morgan fingerprint density at radius 2 is 2.11 bits per heavy atom. The fourth-order valence-corrected chi connectivity index (χ4v) is 3.53. The van der Waals surface area contributed by atoms with E-state index in [1.54, 1.807) is 11.1 Å². The van der Waals surface area contributed by atoms with E-state index in [2.05, 4.69) is 24.1 Å². The maximum Gasteiger partial charge on any atom is 0.317 e. The lowest BCUT2D eigenvalue weighted by molar-refractivity contribution is -0.143. The third-order valence-corrected chi connectivity index (χ3v) is 4.66. The topological polar surface area (TPSA) is 91.8 Å². The fourth-order valence-electron chi connectivity index (χ4n) is 3.53. The third kappa shape index (κ3) is 6.73. The Bertz CT molecular complexity index is 650. The van der Waals surface area contributed by atoms with Gasteiger partial charge in [-0.2, -0.15) is 0 Å². The lowest BCUT2D eigenvalue weighted by Gasteiger charge is -2.34. The van der Waals surface area contributed by atoms with E-state index in [-0.39, 0.29) is 24.6 Å². The lowest BCUT2D eigenvalue weighted by atomic mass is 9.91. The SMILES string of the molecule is CC(C)CC(C)Oc1cc(CNC(=O)N2CC(C)CC(C(=O)O)C2)ccn1. The van der Waals surface area contributed by atoms with Crippen LogP contribution in [0.5, 0.6) is 5.88 Å². The van der Waals surface area contributed by atoms with Gasteiger partial charge in [-0.05, 0) is 43.2 Å². The fraction of sp³-hybridized carbons (Fsp3) is 0.650. The van der Waals surface area contributed by atoms with Crippen molar-refractivity contribution in [3.8, 4) is 5.88 Å². The smallest absolute Gasteiger partial charge is 0.317 e. The summed E-state index contributed by atoms with van der Waals surface area (Å²) < 4.78 is 5.84. The van der Waals surface area contributed by atoms with Crippen molar-refractivity contribution in [2.45, 2.75) is 53.2 Å². The van der Waals surface area contributed by atoms with Gasteiger partial charge < -0.3 is 20.1 Å². The first kappa shape index (κ1) is 21.0. The number of aromatic nitrogens is 1. The van der Waals surface area contributed by atoms with E-state index in [4.69, 9.17) is 4.74 Å². The summed E-state index contributed by atoms with van der Waals surface area (Å²) in [5.41, 5.74) is 0.893. The van der Waals surface area contributed by atoms with Crippen LogP contribution in [0.3, 0.4) is 0 Å². The number of urea groups is 1. The summed E-state index contributed by atoms with van der Waals surface area (Å²) in [6.45, 7) is 9.47. The standard InChI is InChI=1S/C20H31N3O4/c1-13(2)7-15(4)27-18-9-16(5-6-21-18)10-22-20(26)23-11-14(3)8-17(12-23)19(24)25/h5-6,9,13-15,17H,7-8,10-12H2,1-4H3,(H,22,26)(H,24,25). The molecule has 1 fully saturated rings. The van der Waals surface area contributed by atoms with Crippen LogP contribution < -0.4 is 10.1 Å². The Morgan fingerprint density at radius 3 is 2.78 bits per heavy atom. The van der Waals surface area contributed by atoms with E-state index in [0.29, 0.717) is 31.3 Å². The van der Waals surface area contributed by atoms with Crippen molar-refractivity contribution in [1.82, 2.24) is 15.2 Å². The maximum atomic E-state index is 12.4. The summed E-state index contributed by atoms with van der Waals surface area (Å²) in [5, 5.41) is 12.1. The van der Waals surface area contributed by atoms with Crippen LogP contribution in [0.1, 0.15) is 46.1 Å². The Labute approximate surface area is 161 Å². The van der Waals surface area contributed by atoms with Crippen molar-refractivity contribution < 1.29 is 19.4 Å². The number of hydrogen-bond acceptors (Lipinski definition) is 4. The molecule has 0 aliphatic carbocycles. The molecule has 1 saturated heterocycles. The Morgan fingerprint density at radius 1 is 1.37 bits per heavy atom. The Kier molecular flexibility index (Phi) is 7.45. The van der Waals surface area contributed by atoms with Gasteiger partial charge in [0.15, 0.2) is 0 Å². The average Bonchev–Trinajstić information content (AvgIpc) is 2.58. The molecule has 0 aromatic carbocycles. The van der Waals surface area contributed by atoms with Crippen molar-refractivity contribution >= 4 is 12.0 Å². The molecule has 150 valence electrons. The van der Waals surface area contributed by atoms with Gasteiger partial charge in [0.2, 0.25) is 5.88 Å². The number of carboxylic acid groups (broad SMARTS) is 1. The van der Waals surface area contributed by atoms with Crippen molar-refractivity contribution in [2.24, 2.45) is 17.8 Å². The molecular weight excluding hydrogens is 346 g/mol. The number of hydrogen-bond donors (Lipinski definition) is 2. The lowest BCUT2D eigenvalue weighted by Crippen LogP contribution is -2.49. The normalized spacial score (nSPS) is 21.0. The molecule has 7 heteroatoms. The van der Waals surface area contributed by atoms with E-state index in [0.717, 1.165) is 12.0 Å². The maximum absolute atomic E-state index is 12.4. The quantitative estimate of drug-likeness (QED) is 0.762. The largest absolute Gasteiger partial charge is 0.481 e. The van der Waals surface area contributed by atoms with Gasteiger partial charge in [0.25, 0.3) is 0 Å². The number of piperidine rings is 1. The first-order chi connectivity index (χ1) is 12.7.